The van der Waals surface area contributed by atoms with Gasteiger partial charge in [0.2, 0.25) is 0 Å². The minimum atomic E-state index is -0.378. The number of rotatable bonds is 7. The lowest BCUT2D eigenvalue weighted by Crippen LogP contribution is -2.27. The van der Waals surface area contributed by atoms with Crippen LogP contribution in [-0.4, -0.2) is 31.6 Å². The van der Waals surface area contributed by atoms with E-state index in [0.29, 0.717) is 41.8 Å². The largest absolute Gasteiger partial charge is 0.449 e. The van der Waals surface area contributed by atoms with Gasteiger partial charge in [0.05, 0.1) is 5.69 Å². The molecule has 1 heterocycles. The van der Waals surface area contributed by atoms with Crippen LogP contribution >= 0.6 is 11.6 Å². The van der Waals surface area contributed by atoms with Gasteiger partial charge in [0.1, 0.15) is 0 Å². The highest BCUT2D eigenvalue weighted by Crippen LogP contribution is 2.32. The van der Waals surface area contributed by atoms with Gasteiger partial charge in [-0.25, -0.2) is 0 Å². The van der Waals surface area contributed by atoms with Crippen LogP contribution < -0.4 is 15.4 Å². The number of carbonyl (C=O) groups is 2. The molecule has 0 saturated heterocycles. The fourth-order valence-electron chi connectivity index (χ4n) is 2.63. The van der Waals surface area contributed by atoms with E-state index in [1.165, 1.54) is 0 Å². The third kappa shape index (κ3) is 5.12. The van der Waals surface area contributed by atoms with Gasteiger partial charge in [-0.2, -0.15) is 0 Å². The molecule has 0 bridgehead atoms. The van der Waals surface area contributed by atoms with Crippen molar-refractivity contribution in [3.63, 3.8) is 0 Å². The molecule has 28 heavy (non-hydrogen) atoms. The number of carbonyl (C=O) groups excluding carboxylic acids is 2. The molecule has 0 radical (unpaired) electrons. The molecule has 0 unspecified atom stereocenters. The summed E-state index contributed by atoms with van der Waals surface area (Å²) in [5.74, 6) is 0.0587. The third-order valence-corrected chi connectivity index (χ3v) is 4.31. The van der Waals surface area contributed by atoms with Crippen LogP contribution in [0, 0.1) is 0 Å². The second-order valence-corrected chi connectivity index (χ2v) is 6.57. The van der Waals surface area contributed by atoms with E-state index in [1.807, 2.05) is 6.92 Å². The summed E-state index contributed by atoms with van der Waals surface area (Å²) in [6.07, 6.45) is 2.37. The second-order valence-electron chi connectivity index (χ2n) is 6.13. The van der Waals surface area contributed by atoms with E-state index in [4.69, 9.17) is 21.1 Å². The predicted molar refractivity (Wildman–Crippen MR) is 109 cm³/mol. The van der Waals surface area contributed by atoms with Crippen molar-refractivity contribution in [2.75, 3.05) is 25.1 Å². The standard InChI is InChI=1S/C21H21ClN2O4/c1-2-27-11-3-10-23-20(25)15-6-9-18-17(13-15)24-21(26)19(28-18)12-14-4-7-16(22)8-5-14/h4-9,12-13H,2-3,10-11H2,1H3,(H,23,25)(H,24,26). The van der Waals surface area contributed by atoms with Crippen LogP contribution in [-0.2, 0) is 9.53 Å². The van der Waals surface area contributed by atoms with Crippen LogP contribution in [0.5, 0.6) is 5.75 Å². The summed E-state index contributed by atoms with van der Waals surface area (Å²) < 4.78 is 10.9. The van der Waals surface area contributed by atoms with E-state index in [-0.39, 0.29) is 17.6 Å². The number of amides is 2. The Labute approximate surface area is 168 Å². The number of hydrogen-bond donors (Lipinski definition) is 2. The molecule has 0 atom stereocenters. The fraction of sp³-hybridized carbons (Fsp3) is 0.238. The first-order valence-electron chi connectivity index (χ1n) is 9.03. The Kier molecular flexibility index (Phi) is 6.68. The number of ether oxygens (including phenoxy) is 2. The van der Waals surface area contributed by atoms with Crippen LogP contribution in [0.3, 0.4) is 0 Å². The lowest BCUT2D eigenvalue weighted by Gasteiger charge is -2.20. The molecular formula is C21H21ClN2O4. The number of nitrogens with one attached hydrogen (secondary N) is 2. The third-order valence-electron chi connectivity index (χ3n) is 4.06. The number of benzene rings is 2. The van der Waals surface area contributed by atoms with E-state index >= 15 is 0 Å². The van der Waals surface area contributed by atoms with Gasteiger partial charge in [-0.05, 0) is 55.3 Å². The van der Waals surface area contributed by atoms with Gasteiger partial charge < -0.3 is 20.1 Å². The molecule has 0 saturated carbocycles. The molecule has 0 spiro atoms. The van der Waals surface area contributed by atoms with Gasteiger partial charge in [0.25, 0.3) is 11.8 Å². The summed E-state index contributed by atoms with van der Waals surface area (Å²) in [6, 6.07) is 12.0. The molecule has 0 aromatic heterocycles. The average Bonchev–Trinajstić information content (AvgIpc) is 2.69. The van der Waals surface area contributed by atoms with Crippen molar-refractivity contribution >= 4 is 35.2 Å². The van der Waals surface area contributed by atoms with E-state index < -0.39 is 0 Å². The Hall–Kier alpha value is -2.83. The van der Waals surface area contributed by atoms with Crippen molar-refractivity contribution in [2.24, 2.45) is 0 Å². The quantitative estimate of drug-likeness (QED) is 0.546. The summed E-state index contributed by atoms with van der Waals surface area (Å²) in [6.45, 7) is 3.71. The van der Waals surface area contributed by atoms with Crippen LogP contribution in [0.1, 0.15) is 29.3 Å². The monoisotopic (exact) mass is 400 g/mol. The number of anilines is 1. The van der Waals surface area contributed by atoms with Crippen molar-refractivity contribution in [3.8, 4) is 5.75 Å². The lowest BCUT2D eigenvalue weighted by atomic mass is 10.1. The van der Waals surface area contributed by atoms with Crippen LogP contribution in [0.2, 0.25) is 5.02 Å². The summed E-state index contributed by atoms with van der Waals surface area (Å²) in [5, 5.41) is 6.21. The van der Waals surface area contributed by atoms with Crippen molar-refractivity contribution < 1.29 is 19.1 Å². The molecule has 2 aromatic rings. The smallest absolute Gasteiger partial charge is 0.291 e. The molecule has 6 nitrogen and oxygen atoms in total. The first-order chi connectivity index (χ1) is 13.6. The molecule has 2 amide bonds. The second kappa shape index (κ2) is 9.39. The maximum atomic E-state index is 12.3. The topological polar surface area (TPSA) is 76.7 Å². The maximum absolute atomic E-state index is 12.3. The Morgan fingerprint density at radius 1 is 1.25 bits per heavy atom. The van der Waals surface area contributed by atoms with Crippen LogP contribution in [0.25, 0.3) is 6.08 Å². The highest BCUT2D eigenvalue weighted by atomic mass is 35.5. The molecule has 0 fully saturated rings. The Morgan fingerprint density at radius 3 is 2.79 bits per heavy atom. The Bertz CT molecular complexity index is 894. The molecule has 2 N–H and O–H groups in total. The first-order valence-corrected chi connectivity index (χ1v) is 9.41. The highest BCUT2D eigenvalue weighted by molar-refractivity contribution is 6.30. The van der Waals surface area contributed by atoms with E-state index in [1.54, 1.807) is 48.5 Å². The zero-order valence-electron chi connectivity index (χ0n) is 15.5. The summed E-state index contributed by atoms with van der Waals surface area (Å²) in [7, 11) is 0. The Morgan fingerprint density at radius 2 is 2.04 bits per heavy atom. The van der Waals surface area contributed by atoms with Gasteiger partial charge in [-0.3, -0.25) is 9.59 Å². The number of hydrogen-bond acceptors (Lipinski definition) is 4. The minimum absolute atomic E-state index is 0.169. The molecule has 146 valence electrons. The van der Waals surface area contributed by atoms with Crippen molar-refractivity contribution in [1.82, 2.24) is 5.32 Å². The molecule has 1 aliphatic rings. The SMILES string of the molecule is CCOCCCNC(=O)c1ccc2c(c1)NC(=O)C(=Cc1ccc(Cl)cc1)O2. The Balaban J connectivity index is 1.67. The summed E-state index contributed by atoms with van der Waals surface area (Å²) >= 11 is 5.87. The normalized spacial score (nSPS) is 14.2. The van der Waals surface area contributed by atoms with Crippen molar-refractivity contribution in [2.45, 2.75) is 13.3 Å². The fourth-order valence-corrected chi connectivity index (χ4v) is 2.76. The van der Waals surface area contributed by atoms with Crippen molar-refractivity contribution in [1.29, 1.82) is 0 Å². The average molecular weight is 401 g/mol. The number of halogens is 1. The van der Waals surface area contributed by atoms with E-state index in [9.17, 15) is 9.59 Å². The van der Waals surface area contributed by atoms with Crippen LogP contribution in [0.4, 0.5) is 5.69 Å². The van der Waals surface area contributed by atoms with Crippen LogP contribution in [0.15, 0.2) is 48.2 Å². The lowest BCUT2D eigenvalue weighted by molar-refractivity contribution is -0.115. The summed E-state index contributed by atoms with van der Waals surface area (Å²) in [4.78, 5) is 24.6. The zero-order chi connectivity index (χ0) is 19.9. The maximum Gasteiger partial charge on any atom is 0.291 e. The molecule has 2 aromatic carbocycles. The zero-order valence-corrected chi connectivity index (χ0v) is 16.2. The first kappa shape index (κ1) is 19.9. The van der Waals surface area contributed by atoms with Gasteiger partial charge in [-0.15, -0.1) is 0 Å². The van der Waals surface area contributed by atoms with Gasteiger partial charge in [0, 0.05) is 30.3 Å². The molecule has 0 aliphatic carbocycles. The van der Waals surface area contributed by atoms with E-state index in [2.05, 4.69) is 10.6 Å². The van der Waals surface area contributed by atoms with E-state index in [0.717, 1.165) is 12.0 Å². The van der Waals surface area contributed by atoms with Gasteiger partial charge in [0.15, 0.2) is 11.5 Å². The predicted octanol–water partition coefficient (Wildman–Crippen LogP) is 3.87. The molecule has 7 heteroatoms. The molecular weight excluding hydrogens is 380 g/mol. The van der Waals surface area contributed by atoms with Crippen molar-refractivity contribution in [3.05, 3.63) is 64.4 Å². The molecule has 3 rings (SSSR count). The minimum Gasteiger partial charge on any atom is -0.449 e. The summed E-state index contributed by atoms with van der Waals surface area (Å²) in [5.41, 5.74) is 1.70. The highest BCUT2D eigenvalue weighted by Gasteiger charge is 2.23. The van der Waals surface area contributed by atoms with Gasteiger partial charge >= 0.3 is 0 Å². The molecule has 1 aliphatic heterocycles. The van der Waals surface area contributed by atoms with Gasteiger partial charge in [-0.1, -0.05) is 23.7 Å². The number of fused-ring (bicyclic) bond motifs is 1.